The summed E-state index contributed by atoms with van der Waals surface area (Å²) in [6.45, 7) is 10.8. The standard InChI is InChI=1S/C27H34N2O4/c1-15-13-16(2)28-25(30)21(15)14-29-12-11-20-17(3)23-24(18(4)22(20)26(29)31)33-27(5,32-23)19-9-7-6-8-10-19/h13,19H,6-12,14H2,1-5H3,(H,28,30). The van der Waals surface area contributed by atoms with Crippen LogP contribution in [-0.4, -0.2) is 28.1 Å². The summed E-state index contributed by atoms with van der Waals surface area (Å²) >= 11 is 0. The van der Waals surface area contributed by atoms with Crippen molar-refractivity contribution < 1.29 is 14.3 Å². The summed E-state index contributed by atoms with van der Waals surface area (Å²) in [6.07, 6.45) is 6.66. The van der Waals surface area contributed by atoms with Gasteiger partial charge in [0.2, 0.25) is 0 Å². The minimum Gasteiger partial charge on any atom is -0.448 e. The van der Waals surface area contributed by atoms with E-state index in [9.17, 15) is 9.59 Å². The molecule has 1 atom stereocenters. The maximum Gasteiger partial charge on any atom is 0.254 e. The number of carbonyl (C=O) groups is 1. The molecule has 1 aromatic heterocycles. The molecule has 0 radical (unpaired) electrons. The molecule has 1 N–H and O–H groups in total. The number of carbonyl (C=O) groups excluding carboxylic acids is 1. The Balaban J connectivity index is 1.49. The molecule has 1 amide bonds. The minimum absolute atomic E-state index is 0.0334. The number of ether oxygens (including phenoxy) is 2. The van der Waals surface area contributed by atoms with E-state index in [2.05, 4.69) is 11.9 Å². The van der Waals surface area contributed by atoms with E-state index in [1.54, 1.807) is 4.90 Å². The molecule has 2 aromatic rings. The molecule has 3 heterocycles. The van der Waals surface area contributed by atoms with Gasteiger partial charge in [-0.25, -0.2) is 0 Å². The highest BCUT2D eigenvalue weighted by Gasteiger charge is 2.47. The quantitative estimate of drug-likeness (QED) is 0.724. The Morgan fingerprint density at radius 3 is 2.36 bits per heavy atom. The zero-order chi connectivity index (χ0) is 23.5. The van der Waals surface area contributed by atoms with Gasteiger partial charge in [-0.1, -0.05) is 19.3 Å². The number of hydrogen-bond acceptors (Lipinski definition) is 4. The number of aromatic amines is 1. The summed E-state index contributed by atoms with van der Waals surface area (Å²) in [4.78, 5) is 30.9. The van der Waals surface area contributed by atoms with Gasteiger partial charge in [-0.3, -0.25) is 9.59 Å². The highest BCUT2D eigenvalue weighted by molar-refractivity contribution is 6.00. The second-order valence-electron chi connectivity index (χ2n) is 10.2. The Hall–Kier alpha value is -2.76. The number of fused-ring (bicyclic) bond motifs is 2. The van der Waals surface area contributed by atoms with Crippen LogP contribution in [0.1, 0.15) is 82.9 Å². The molecule has 1 saturated carbocycles. The number of amides is 1. The maximum absolute atomic E-state index is 13.7. The van der Waals surface area contributed by atoms with Crippen molar-refractivity contribution >= 4 is 5.91 Å². The Kier molecular flexibility index (Phi) is 5.30. The summed E-state index contributed by atoms with van der Waals surface area (Å²) in [5, 5.41) is 0. The molecule has 0 spiro atoms. The van der Waals surface area contributed by atoms with E-state index in [4.69, 9.17) is 9.47 Å². The van der Waals surface area contributed by atoms with Crippen molar-refractivity contribution in [3.8, 4) is 11.5 Å². The first-order valence-electron chi connectivity index (χ1n) is 12.2. The van der Waals surface area contributed by atoms with Gasteiger partial charge in [0.05, 0.1) is 6.54 Å². The number of hydrogen-bond donors (Lipinski definition) is 1. The first kappa shape index (κ1) is 22.1. The normalized spacial score (nSPS) is 22.6. The van der Waals surface area contributed by atoms with Crippen molar-refractivity contribution in [2.45, 2.75) is 85.5 Å². The van der Waals surface area contributed by atoms with Crippen LogP contribution in [0.5, 0.6) is 11.5 Å². The lowest BCUT2D eigenvalue weighted by Crippen LogP contribution is -2.44. The lowest BCUT2D eigenvalue weighted by atomic mass is 9.84. The Bertz CT molecular complexity index is 1190. The molecule has 5 rings (SSSR count). The lowest BCUT2D eigenvalue weighted by molar-refractivity contribution is -0.120. The summed E-state index contributed by atoms with van der Waals surface area (Å²) in [6, 6.07) is 1.96. The Morgan fingerprint density at radius 2 is 1.70 bits per heavy atom. The monoisotopic (exact) mass is 450 g/mol. The fourth-order valence-electron chi connectivity index (χ4n) is 6.00. The highest BCUT2D eigenvalue weighted by Crippen LogP contribution is 2.51. The van der Waals surface area contributed by atoms with Gasteiger partial charge in [-0.05, 0) is 69.7 Å². The third kappa shape index (κ3) is 3.54. The van der Waals surface area contributed by atoms with Gasteiger partial charge in [0.1, 0.15) is 0 Å². The molecule has 0 bridgehead atoms. The number of nitrogens with one attached hydrogen (secondary N) is 1. The Labute approximate surface area is 195 Å². The van der Waals surface area contributed by atoms with E-state index < -0.39 is 5.79 Å². The number of aromatic nitrogens is 1. The first-order valence-corrected chi connectivity index (χ1v) is 12.2. The van der Waals surface area contributed by atoms with E-state index in [0.29, 0.717) is 24.6 Å². The van der Waals surface area contributed by atoms with Gasteiger partial charge in [0, 0.05) is 41.8 Å². The van der Waals surface area contributed by atoms with Crippen LogP contribution in [0.4, 0.5) is 0 Å². The molecular weight excluding hydrogens is 416 g/mol. The number of nitrogens with zero attached hydrogens (tertiary/aromatic N) is 1. The van der Waals surface area contributed by atoms with Gasteiger partial charge < -0.3 is 19.4 Å². The fourth-order valence-corrected chi connectivity index (χ4v) is 6.00. The predicted molar refractivity (Wildman–Crippen MR) is 127 cm³/mol. The van der Waals surface area contributed by atoms with Crippen LogP contribution in [0.2, 0.25) is 0 Å². The van der Waals surface area contributed by atoms with E-state index in [1.807, 2.05) is 33.8 Å². The van der Waals surface area contributed by atoms with E-state index in [-0.39, 0.29) is 11.5 Å². The zero-order valence-electron chi connectivity index (χ0n) is 20.4. The van der Waals surface area contributed by atoms with Crippen LogP contribution in [0.3, 0.4) is 0 Å². The van der Waals surface area contributed by atoms with Crippen LogP contribution in [-0.2, 0) is 13.0 Å². The molecule has 1 aromatic carbocycles. The average molecular weight is 451 g/mol. The van der Waals surface area contributed by atoms with E-state index >= 15 is 0 Å². The van der Waals surface area contributed by atoms with Crippen molar-refractivity contribution in [2.24, 2.45) is 5.92 Å². The molecule has 1 unspecified atom stereocenters. The van der Waals surface area contributed by atoms with Crippen molar-refractivity contribution in [3.05, 3.63) is 55.5 Å². The second-order valence-corrected chi connectivity index (χ2v) is 10.2. The summed E-state index contributed by atoms with van der Waals surface area (Å²) in [5.74, 6) is 1.19. The molecule has 176 valence electrons. The first-order chi connectivity index (χ1) is 15.7. The average Bonchev–Trinajstić information content (AvgIpc) is 3.15. The van der Waals surface area contributed by atoms with Crippen molar-refractivity contribution in [1.29, 1.82) is 0 Å². The second kappa shape index (κ2) is 7.93. The van der Waals surface area contributed by atoms with Crippen LogP contribution in [0.15, 0.2) is 10.9 Å². The third-order valence-corrected chi connectivity index (χ3v) is 7.95. The number of H-pyrrole nitrogens is 1. The van der Waals surface area contributed by atoms with Crippen molar-refractivity contribution in [3.63, 3.8) is 0 Å². The smallest absolute Gasteiger partial charge is 0.254 e. The molecule has 1 aliphatic carbocycles. The zero-order valence-corrected chi connectivity index (χ0v) is 20.4. The number of benzene rings is 1. The molecule has 2 aliphatic heterocycles. The molecule has 6 nitrogen and oxygen atoms in total. The maximum atomic E-state index is 13.7. The molecule has 33 heavy (non-hydrogen) atoms. The van der Waals surface area contributed by atoms with Crippen molar-refractivity contribution in [1.82, 2.24) is 9.88 Å². The lowest BCUT2D eigenvalue weighted by Gasteiger charge is -2.34. The van der Waals surface area contributed by atoms with Gasteiger partial charge in [-0.2, -0.15) is 0 Å². The Morgan fingerprint density at radius 1 is 1.03 bits per heavy atom. The summed E-state index contributed by atoms with van der Waals surface area (Å²) in [5.41, 5.74) is 5.92. The topological polar surface area (TPSA) is 71.6 Å². The fraction of sp³-hybridized carbons (Fsp3) is 0.556. The van der Waals surface area contributed by atoms with E-state index in [0.717, 1.165) is 64.3 Å². The molecule has 1 fully saturated rings. The van der Waals surface area contributed by atoms with Crippen LogP contribution in [0, 0.1) is 33.6 Å². The molecular formula is C27H34N2O4. The molecule has 3 aliphatic rings. The highest BCUT2D eigenvalue weighted by atomic mass is 16.7. The predicted octanol–water partition coefficient (Wildman–Crippen LogP) is 4.87. The molecule has 0 saturated heterocycles. The SMILES string of the molecule is Cc1cc(C)c(CN2CCc3c(C)c4c(c(C)c3C2=O)OC(C)(C2CCCCC2)O4)c(=O)[nH]1. The van der Waals surface area contributed by atoms with E-state index in [1.165, 1.54) is 19.3 Å². The van der Waals surface area contributed by atoms with Crippen molar-refractivity contribution in [2.75, 3.05) is 6.54 Å². The largest absolute Gasteiger partial charge is 0.448 e. The van der Waals surface area contributed by atoms with Gasteiger partial charge in [0.25, 0.3) is 17.3 Å². The minimum atomic E-state index is -0.669. The van der Waals surface area contributed by atoms with Crippen LogP contribution >= 0.6 is 0 Å². The summed E-state index contributed by atoms with van der Waals surface area (Å²) in [7, 11) is 0. The summed E-state index contributed by atoms with van der Waals surface area (Å²) < 4.78 is 13.0. The number of aryl methyl sites for hydroxylation is 2. The molecule has 6 heteroatoms. The van der Waals surface area contributed by atoms with Gasteiger partial charge in [0.15, 0.2) is 11.5 Å². The number of rotatable bonds is 3. The number of pyridine rings is 1. The van der Waals surface area contributed by atoms with Crippen LogP contribution in [0.25, 0.3) is 0 Å². The van der Waals surface area contributed by atoms with Gasteiger partial charge >= 0.3 is 0 Å². The third-order valence-electron chi connectivity index (χ3n) is 7.95. The van der Waals surface area contributed by atoms with Crippen LogP contribution < -0.4 is 15.0 Å². The van der Waals surface area contributed by atoms with Gasteiger partial charge in [-0.15, -0.1) is 0 Å².